The Morgan fingerprint density at radius 2 is 1.65 bits per heavy atom. The van der Waals surface area contributed by atoms with Gasteiger partial charge in [0.25, 0.3) is 11.8 Å². The molecule has 0 bridgehead atoms. The molecule has 4 atom stereocenters. The number of anilines is 1. The molecule has 9 heteroatoms. The van der Waals surface area contributed by atoms with Gasteiger partial charge in [0.2, 0.25) is 0 Å². The fourth-order valence-corrected chi connectivity index (χ4v) is 6.29. The first-order chi connectivity index (χ1) is 19.4. The maximum Gasteiger partial charge on any atom is 0.266 e. The Morgan fingerprint density at radius 3 is 2.30 bits per heavy atom. The number of aliphatic hydroxyl groups excluding tert-OH is 1. The molecule has 0 radical (unpaired) electrons. The Morgan fingerprint density at radius 1 is 0.925 bits per heavy atom. The lowest BCUT2D eigenvalue weighted by atomic mass is 9.91. The average Bonchev–Trinajstić information content (AvgIpc) is 3.51. The molecule has 0 saturated carbocycles. The first-order valence-electron chi connectivity index (χ1n) is 13.1. The van der Waals surface area contributed by atoms with Crippen molar-refractivity contribution in [2.45, 2.75) is 37.2 Å². The van der Waals surface area contributed by atoms with Gasteiger partial charge in [0.05, 0.1) is 35.6 Å². The molecule has 1 saturated heterocycles. The summed E-state index contributed by atoms with van der Waals surface area (Å²) >= 11 is 1.62. The van der Waals surface area contributed by atoms with Crippen molar-refractivity contribution in [3.8, 4) is 0 Å². The molecule has 2 aliphatic rings. The van der Waals surface area contributed by atoms with Crippen molar-refractivity contribution < 1.29 is 24.2 Å². The second kappa shape index (κ2) is 11.0. The van der Waals surface area contributed by atoms with Crippen LogP contribution in [0.1, 0.15) is 56.7 Å². The van der Waals surface area contributed by atoms with Gasteiger partial charge < -0.3 is 19.1 Å². The molecular formula is C31H29N3O5S. The summed E-state index contributed by atoms with van der Waals surface area (Å²) < 4.78 is 15.1. The monoisotopic (exact) mass is 555 g/mol. The Balaban J connectivity index is 1.30. The van der Waals surface area contributed by atoms with E-state index in [1.807, 2.05) is 54.2 Å². The Kier molecular flexibility index (Phi) is 7.29. The maximum atomic E-state index is 13.1. The zero-order chi connectivity index (χ0) is 27.8. The number of aryl methyl sites for hydroxylation is 1. The Labute approximate surface area is 236 Å². The van der Waals surface area contributed by atoms with E-state index in [1.54, 1.807) is 54.4 Å². The van der Waals surface area contributed by atoms with Crippen LogP contribution in [0.4, 0.5) is 5.69 Å². The summed E-state index contributed by atoms with van der Waals surface area (Å²) in [4.78, 5) is 31.9. The zero-order valence-electron chi connectivity index (χ0n) is 22.1. The van der Waals surface area contributed by atoms with Gasteiger partial charge in [-0.3, -0.25) is 9.59 Å². The number of aromatic nitrogens is 2. The van der Waals surface area contributed by atoms with E-state index in [4.69, 9.17) is 9.47 Å². The van der Waals surface area contributed by atoms with Crippen molar-refractivity contribution in [1.29, 1.82) is 0 Å². The van der Waals surface area contributed by atoms with Crippen LogP contribution in [0.15, 0.2) is 90.3 Å². The largest absolute Gasteiger partial charge is 0.392 e. The molecule has 6 rings (SSSR count). The zero-order valence-corrected chi connectivity index (χ0v) is 23.0. The fraction of sp³-hybridized carbons (Fsp3) is 0.258. The third kappa shape index (κ3) is 4.86. The van der Waals surface area contributed by atoms with E-state index in [2.05, 4.69) is 11.9 Å². The van der Waals surface area contributed by atoms with E-state index >= 15 is 0 Å². The molecule has 2 amide bonds. The minimum Gasteiger partial charge on any atom is -0.392 e. The number of ether oxygens (including phenoxy) is 2. The third-order valence-electron chi connectivity index (χ3n) is 7.47. The SMILES string of the molecule is C[C@H]1[C@@H](CSc2nccn2C)O[C@@H](c2cccc(N3C(=O)c4ccccc4C3=O)c2)O[C@H]1c1ccc(CO)cc1. The highest BCUT2D eigenvalue weighted by molar-refractivity contribution is 7.99. The van der Waals surface area contributed by atoms with E-state index in [0.29, 0.717) is 28.1 Å². The molecule has 40 heavy (non-hydrogen) atoms. The van der Waals surface area contributed by atoms with Crippen molar-refractivity contribution in [1.82, 2.24) is 9.55 Å². The van der Waals surface area contributed by atoms with Gasteiger partial charge in [0.15, 0.2) is 11.4 Å². The minimum absolute atomic E-state index is 0.0171. The van der Waals surface area contributed by atoms with Crippen LogP contribution in [0, 0.1) is 5.92 Å². The number of aliphatic hydroxyl groups is 1. The van der Waals surface area contributed by atoms with Gasteiger partial charge in [-0.25, -0.2) is 9.88 Å². The number of fused-ring (bicyclic) bond motifs is 1. The molecule has 0 aliphatic carbocycles. The fourth-order valence-electron chi connectivity index (χ4n) is 5.19. The van der Waals surface area contributed by atoms with Crippen LogP contribution < -0.4 is 4.90 Å². The van der Waals surface area contributed by atoms with E-state index in [1.165, 1.54) is 4.90 Å². The summed E-state index contributed by atoms with van der Waals surface area (Å²) in [6.07, 6.45) is 2.51. The van der Waals surface area contributed by atoms with Crippen molar-refractivity contribution >= 4 is 29.3 Å². The first-order valence-corrected chi connectivity index (χ1v) is 14.1. The first kappa shape index (κ1) is 26.5. The van der Waals surface area contributed by atoms with Gasteiger partial charge in [-0.15, -0.1) is 0 Å². The Bertz CT molecular complexity index is 1520. The molecule has 3 aromatic carbocycles. The van der Waals surface area contributed by atoms with Gasteiger partial charge >= 0.3 is 0 Å². The highest BCUT2D eigenvalue weighted by atomic mass is 32.2. The van der Waals surface area contributed by atoms with Crippen molar-refractivity contribution in [2.24, 2.45) is 13.0 Å². The summed E-state index contributed by atoms with van der Waals surface area (Å²) in [5, 5.41) is 10.4. The number of thioether (sulfide) groups is 1. The summed E-state index contributed by atoms with van der Waals surface area (Å²) in [5.74, 6) is -0.00985. The topological polar surface area (TPSA) is 93.9 Å². The molecule has 4 aromatic rings. The van der Waals surface area contributed by atoms with Crippen LogP contribution in [0.3, 0.4) is 0 Å². The van der Waals surface area contributed by atoms with Crippen LogP contribution in [0.5, 0.6) is 0 Å². The quantitative estimate of drug-likeness (QED) is 0.244. The van der Waals surface area contributed by atoms with Gasteiger partial charge in [0.1, 0.15) is 0 Å². The number of hydrogen-bond donors (Lipinski definition) is 1. The van der Waals surface area contributed by atoms with Crippen molar-refractivity contribution in [3.63, 3.8) is 0 Å². The van der Waals surface area contributed by atoms with Crippen LogP contribution in [0.25, 0.3) is 0 Å². The lowest BCUT2D eigenvalue weighted by Gasteiger charge is -2.41. The summed E-state index contributed by atoms with van der Waals surface area (Å²) in [5.41, 5.74) is 3.79. The van der Waals surface area contributed by atoms with Crippen LogP contribution >= 0.6 is 11.8 Å². The molecule has 2 aliphatic heterocycles. The molecule has 1 fully saturated rings. The van der Waals surface area contributed by atoms with Crippen LogP contribution in [0.2, 0.25) is 0 Å². The predicted molar refractivity (Wildman–Crippen MR) is 151 cm³/mol. The summed E-state index contributed by atoms with van der Waals surface area (Å²) in [7, 11) is 1.96. The van der Waals surface area contributed by atoms with Crippen LogP contribution in [-0.2, 0) is 23.1 Å². The summed E-state index contributed by atoms with van der Waals surface area (Å²) in [6.45, 7) is 2.08. The molecule has 3 heterocycles. The molecule has 8 nitrogen and oxygen atoms in total. The van der Waals surface area contributed by atoms with E-state index in [9.17, 15) is 14.7 Å². The smallest absolute Gasteiger partial charge is 0.266 e. The van der Waals surface area contributed by atoms with Gasteiger partial charge in [-0.05, 0) is 35.4 Å². The molecule has 0 unspecified atom stereocenters. The number of rotatable bonds is 7. The number of carbonyl (C=O) groups is 2. The lowest BCUT2D eigenvalue weighted by molar-refractivity contribution is -0.268. The number of carbonyl (C=O) groups excluding carboxylic acids is 2. The number of benzene rings is 3. The van der Waals surface area contributed by atoms with Gasteiger partial charge in [-0.1, -0.05) is 67.2 Å². The number of nitrogens with zero attached hydrogens (tertiary/aromatic N) is 3. The highest BCUT2D eigenvalue weighted by Crippen LogP contribution is 2.43. The number of amides is 2. The molecular weight excluding hydrogens is 526 g/mol. The van der Waals surface area contributed by atoms with Crippen molar-refractivity contribution in [2.75, 3.05) is 10.7 Å². The van der Waals surface area contributed by atoms with Gasteiger partial charge in [0, 0.05) is 36.7 Å². The van der Waals surface area contributed by atoms with Crippen molar-refractivity contribution in [3.05, 3.63) is 113 Å². The van der Waals surface area contributed by atoms with E-state index in [-0.39, 0.29) is 36.5 Å². The highest BCUT2D eigenvalue weighted by Gasteiger charge is 2.40. The second-order valence-corrected chi connectivity index (χ2v) is 11.0. The lowest BCUT2D eigenvalue weighted by Crippen LogP contribution is -2.38. The average molecular weight is 556 g/mol. The normalized spacial score (nSPS) is 22.5. The number of hydrogen-bond acceptors (Lipinski definition) is 7. The van der Waals surface area contributed by atoms with E-state index in [0.717, 1.165) is 16.3 Å². The molecule has 1 aromatic heterocycles. The van der Waals surface area contributed by atoms with Crippen LogP contribution in [-0.4, -0.2) is 38.3 Å². The minimum atomic E-state index is -0.721. The van der Waals surface area contributed by atoms with E-state index < -0.39 is 6.29 Å². The summed E-state index contributed by atoms with van der Waals surface area (Å²) in [6, 6.07) is 21.8. The molecule has 1 N–H and O–H groups in total. The maximum absolute atomic E-state index is 13.1. The van der Waals surface area contributed by atoms with Gasteiger partial charge in [-0.2, -0.15) is 0 Å². The third-order valence-corrected chi connectivity index (χ3v) is 8.62. The Hall–Kier alpha value is -3.76. The molecule has 0 spiro atoms. The second-order valence-electron chi connectivity index (χ2n) is 10.0. The predicted octanol–water partition coefficient (Wildman–Crippen LogP) is 5.30. The standard InChI is InChI=1S/C31H29N3O5S/c1-19-26(18-40-31-32-14-15-33(31)2)38-30(39-27(19)21-12-10-20(17-35)11-13-21)22-6-5-7-23(16-22)34-28(36)24-8-3-4-9-25(24)29(34)37/h3-16,19,26-27,30,35H,17-18H2,1-2H3/t19-,26+,27+,30+/m0/s1. The number of imide groups is 1. The molecule has 204 valence electrons. The number of imidazole rings is 1.